The van der Waals surface area contributed by atoms with Crippen LogP contribution in [0, 0.1) is 11.3 Å². The normalized spacial score (nSPS) is 9.33. The van der Waals surface area contributed by atoms with Crippen LogP contribution < -0.4 is 5.32 Å². The second-order valence-electron chi connectivity index (χ2n) is 2.88. The summed E-state index contributed by atoms with van der Waals surface area (Å²) in [6, 6.07) is 7.12. The number of carbonyl (C=O) groups is 1. The van der Waals surface area contributed by atoms with Gasteiger partial charge in [0.25, 0.3) is 0 Å². The molecule has 1 rings (SSSR count). The Morgan fingerprint density at radius 1 is 1.60 bits per heavy atom. The summed E-state index contributed by atoms with van der Waals surface area (Å²) in [6.45, 7) is 0.361. The molecule has 0 saturated heterocycles. The monoisotopic (exact) mass is 268 g/mol. The molecule has 0 unspecified atom stereocenters. The maximum absolute atomic E-state index is 10.3. The van der Waals surface area contributed by atoms with Crippen LogP contribution in [0.15, 0.2) is 22.7 Å². The first-order chi connectivity index (χ1) is 7.13. The van der Waals surface area contributed by atoms with E-state index in [1.807, 2.05) is 6.07 Å². The minimum absolute atomic E-state index is 0.0619. The molecule has 0 radical (unpaired) electrons. The zero-order valence-corrected chi connectivity index (χ0v) is 9.41. The predicted molar refractivity (Wildman–Crippen MR) is 59.6 cm³/mol. The van der Waals surface area contributed by atoms with Gasteiger partial charge in [-0.2, -0.15) is 5.26 Å². The Balaban J connectivity index is 2.63. The Hall–Kier alpha value is -1.54. The van der Waals surface area contributed by atoms with E-state index in [4.69, 9.17) is 10.4 Å². The molecule has 1 aromatic rings. The molecule has 0 fully saturated rings. The Morgan fingerprint density at radius 2 is 2.33 bits per heavy atom. The van der Waals surface area contributed by atoms with Crippen LogP contribution in [0.4, 0.5) is 5.69 Å². The quantitative estimate of drug-likeness (QED) is 0.878. The molecule has 0 aliphatic heterocycles. The summed E-state index contributed by atoms with van der Waals surface area (Å²) >= 11 is 3.29. The van der Waals surface area contributed by atoms with E-state index in [0.717, 1.165) is 10.2 Å². The van der Waals surface area contributed by atoms with Crippen molar-refractivity contribution in [3.63, 3.8) is 0 Å². The highest BCUT2D eigenvalue weighted by atomic mass is 79.9. The van der Waals surface area contributed by atoms with E-state index in [0.29, 0.717) is 12.1 Å². The van der Waals surface area contributed by atoms with Gasteiger partial charge in [-0.25, -0.2) is 0 Å². The summed E-state index contributed by atoms with van der Waals surface area (Å²) in [4.78, 5) is 10.3. The number of nitrogens with zero attached hydrogens (tertiary/aromatic N) is 1. The molecule has 0 bridgehead atoms. The lowest BCUT2D eigenvalue weighted by Gasteiger charge is -2.06. The van der Waals surface area contributed by atoms with Crippen LogP contribution in [0.5, 0.6) is 0 Å². The van der Waals surface area contributed by atoms with Crippen LogP contribution in [0.25, 0.3) is 0 Å². The summed E-state index contributed by atoms with van der Waals surface area (Å²) in [5, 5.41) is 20.0. The molecule has 0 aliphatic carbocycles. The summed E-state index contributed by atoms with van der Waals surface area (Å²) in [5.74, 6) is -0.840. The number of nitrogens with one attached hydrogen (secondary N) is 1. The average Bonchev–Trinajstić information content (AvgIpc) is 2.20. The first-order valence-corrected chi connectivity index (χ1v) is 5.08. The topological polar surface area (TPSA) is 73.1 Å². The lowest BCUT2D eigenvalue weighted by Crippen LogP contribution is -2.07. The number of benzene rings is 1. The zero-order valence-electron chi connectivity index (χ0n) is 7.83. The van der Waals surface area contributed by atoms with Crippen molar-refractivity contribution >= 4 is 27.6 Å². The molecule has 78 valence electrons. The van der Waals surface area contributed by atoms with Crippen LogP contribution in [0.2, 0.25) is 0 Å². The van der Waals surface area contributed by atoms with E-state index < -0.39 is 5.97 Å². The lowest BCUT2D eigenvalue weighted by molar-refractivity contribution is -0.136. The van der Waals surface area contributed by atoms with Gasteiger partial charge in [0.1, 0.15) is 0 Å². The minimum atomic E-state index is -0.840. The Bertz CT molecular complexity index is 412. The maximum atomic E-state index is 10.3. The van der Waals surface area contributed by atoms with E-state index in [9.17, 15) is 4.79 Å². The van der Waals surface area contributed by atoms with Crippen molar-refractivity contribution in [2.75, 3.05) is 11.9 Å². The summed E-state index contributed by atoms with van der Waals surface area (Å²) in [5.41, 5.74) is 1.35. The number of hydrogen-bond donors (Lipinski definition) is 2. The molecule has 2 N–H and O–H groups in total. The molecule has 0 spiro atoms. The molecule has 4 nitrogen and oxygen atoms in total. The molecule has 0 aromatic heterocycles. The highest BCUT2D eigenvalue weighted by Crippen LogP contribution is 2.23. The fourth-order valence-electron chi connectivity index (χ4n) is 1.03. The van der Waals surface area contributed by atoms with Gasteiger partial charge in [-0.05, 0) is 34.1 Å². The maximum Gasteiger partial charge on any atom is 0.305 e. The number of carboxylic acids is 1. The van der Waals surface area contributed by atoms with Gasteiger partial charge in [0, 0.05) is 16.7 Å². The van der Waals surface area contributed by atoms with Crippen molar-refractivity contribution in [3.05, 3.63) is 28.2 Å². The van der Waals surface area contributed by atoms with Crippen molar-refractivity contribution in [2.45, 2.75) is 6.42 Å². The SMILES string of the molecule is N#Cc1ccc(NCCC(=O)O)c(Br)c1. The number of anilines is 1. The third-order valence-corrected chi connectivity index (χ3v) is 2.41. The number of hydrogen-bond acceptors (Lipinski definition) is 3. The molecule has 1 aromatic carbocycles. The van der Waals surface area contributed by atoms with Gasteiger partial charge >= 0.3 is 5.97 Å². The van der Waals surface area contributed by atoms with Crippen LogP contribution >= 0.6 is 15.9 Å². The fourth-order valence-corrected chi connectivity index (χ4v) is 1.55. The molecule has 0 aliphatic rings. The largest absolute Gasteiger partial charge is 0.481 e. The highest BCUT2D eigenvalue weighted by Gasteiger charge is 2.01. The van der Waals surface area contributed by atoms with Crippen LogP contribution in [0.1, 0.15) is 12.0 Å². The van der Waals surface area contributed by atoms with Crippen molar-refractivity contribution in [2.24, 2.45) is 0 Å². The Kier molecular flexibility index (Phi) is 4.13. The Labute approximate surface area is 95.7 Å². The van der Waals surface area contributed by atoms with Crippen LogP contribution in [-0.2, 0) is 4.79 Å². The average molecular weight is 269 g/mol. The molecule has 0 amide bonds. The molecular weight excluding hydrogens is 260 g/mol. The van der Waals surface area contributed by atoms with Crippen LogP contribution in [0.3, 0.4) is 0 Å². The van der Waals surface area contributed by atoms with Crippen molar-refractivity contribution in [1.82, 2.24) is 0 Å². The number of aliphatic carboxylic acids is 1. The van der Waals surface area contributed by atoms with Gasteiger partial charge in [-0.15, -0.1) is 0 Å². The van der Waals surface area contributed by atoms with Crippen LogP contribution in [-0.4, -0.2) is 17.6 Å². The van der Waals surface area contributed by atoms with Gasteiger partial charge in [-0.3, -0.25) is 4.79 Å². The minimum Gasteiger partial charge on any atom is -0.481 e. The Morgan fingerprint density at radius 3 is 2.87 bits per heavy atom. The third kappa shape index (κ3) is 3.60. The van der Waals surface area contributed by atoms with Crippen molar-refractivity contribution in [3.8, 4) is 6.07 Å². The first kappa shape index (κ1) is 11.5. The fraction of sp³-hybridized carbons (Fsp3) is 0.200. The van der Waals surface area contributed by atoms with E-state index in [-0.39, 0.29) is 6.42 Å². The number of nitriles is 1. The smallest absolute Gasteiger partial charge is 0.305 e. The third-order valence-electron chi connectivity index (χ3n) is 1.75. The molecule has 15 heavy (non-hydrogen) atoms. The van der Waals surface area contributed by atoms with Gasteiger partial charge in [0.2, 0.25) is 0 Å². The number of rotatable bonds is 4. The number of halogens is 1. The van der Waals surface area contributed by atoms with Crippen molar-refractivity contribution < 1.29 is 9.90 Å². The van der Waals surface area contributed by atoms with Gasteiger partial charge in [0.05, 0.1) is 18.1 Å². The molecular formula is C10H9BrN2O2. The zero-order chi connectivity index (χ0) is 11.3. The van der Waals surface area contributed by atoms with Crippen molar-refractivity contribution in [1.29, 1.82) is 5.26 Å². The van der Waals surface area contributed by atoms with Gasteiger partial charge in [-0.1, -0.05) is 0 Å². The van der Waals surface area contributed by atoms with Gasteiger partial charge < -0.3 is 10.4 Å². The predicted octanol–water partition coefficient (Wildman–Crippen LogP) is 2.21. The summed E-state index contributed by atoms with van der Waals surface area (Å²) < 4.78 is 0.756. The lowest BCUT2D eigenvalue weighted by atomic mass is 10.2. The number of carboxylic acid groups (broad SMARTS) is 1. The molecule has 0 atom stereocenters. The first-order valence-electron chi connectivity index (χ1n) is 4.29. The second kappa shape index (κ2) is 5.37. The molecule has 5 heteroatoms. The van der Waals surface area contributed by atoms with E-state index in [1.165, 1.54) is 0 Å². The summed E-state index contributed by atoms with van der Waals surface area (Å²) in [6.07, 6.45) is 0.0619. The van der Waals surface area contributed by atoms with Gasteiger partial charge in [0.15, 0.2) is 0 Å². The van der Waals surface area contributed by atoms with E-state index >= 15 is 0 Å². The van der Waals surface area contributed by atoms with E-state index in [2.05, 4.69) is 21.2 Å². The molecule has 0 heterocycles. The van der Waals surface area contributed by atoms with E-state index in [1.54, 1.807) is 18.2 Å². The highest BCUT2D eigenvalue weighted by molar-refractivity contribution is 9.10. The summed E-state index contributed by atoms with van der Waals surface area (Å²) in [7, 11) is 0. The second-order valence-corrected chi connectivity index (χ2v) is 3.73. The molecule has 0 saturated carbocycles. The standard InChI is InChI=1S/C10H9BrN2O2/c11-8-5-7(6-12)1-2-9(8)13-4-3-10(14)15/h1-2,5,13H,3-4H2,(H,14,15).